The molecule has 0 aliphatic rings. The lowest BCUT2D eigenvalue weighted by molar-refractivity contribution is -0.125. The minimum absolute atomic E-state index is 0.0107. The van der Waals surface area contributed by atoms with E-state index in [9.17, 15) is 4.79 Å². The van der Waals surface area contributed by atoms with Crippen molar-refractivity contribution in [3.63, 3.8) is 0 Å². The van der Waals surface area contributed by atoms with Crippen molar-refractivity contribution in [1.29, 1.82) is 0 Å². The number of benzene rings is 2. The molecule has 4 heteroatoms. The molecule has 1 unspecified atom stereocenters. The van der Waals surface area contributed by atoms with Crippen LogP contribution < -0.4 is 5.32 Å². The van der Waals surface area contributed by atoms with Crippen LogP contribution in [0, 0.1) is 6.92 Å². The number of carbonyl (C=O) groups excluding carboxylic acids is 1. The first kappa shape index (κ1) is 16.3. The lowest BCUT2D eigenvalue weighted by Gasteiger charge is -2.23. The van der Waals surface area contributed by atoms with Crippen LogP contribution in [-0.4, -0.2) is 29.9 Å². The summed E-state index contributed by atoms with van der Waals surface area (Å²) in [6, 6.07) is 17.9. The summed E-state index contributed by atoms with van der Waals surface area (Å²) in [5.74, 6) is 0.0107. The van der Waals surface area contributed by atoms with Gasteiger partial charge in [-0.15, -0.1) is 0 Å². The molecule has 0 aliphatic heterocycles. The van der Waals surface area contributed by atoms with Gasteiger partial charge in [-0.05, 0) is 55.7 Å². The summed E-state index contributed by atoms with van der Waals surface area (Å²) >= 11 is 0. The van der Waals surface area contributed by atoms with Crippen LogP contribution in [0.4, 0.5) is 0 Å². The lowest BCUT2D eigenvalue weighted by Crippen LogP contribution is -2.36. The number of hydrogen-bond donors (Lipinski definition) is 2. The summed E-state index contributed by atoms with van der Waals surface area (Å²) in [5.41, 5.74) is 4.36. The van der Waals surface area contributed by atoms with Crippen LogP contribution in [0.3, 0.4) is 0 Å². The Morgan fingerprint density at radius 2 is 1.88 bits per heavy atom. The van der Waals surface area contributed by atoms with Crippen molar-refractivity contribution in [2.24, 2.45) is 0 Å². The van der Waals surface area contributed by atoms with Gasteiger partial charge >= 0.3 is 0 Å². The molecule has 124 valence electrons. The number of nitrogens with zero attached hydrogens (tertiary/aromatic N) is 1. The van der Waals surface area contributed by atoms with E-state index in [1.807, 2.05) is 62.3 Å². The Bertz CT molecular complexity index is 836. The Morgan fingerprint density at radius 3 is 2.58 bits per heavy atom. The summed E-state index contributed by atoms with van der Waals surface area (Å²) in [6.45, 7) is 2.57. The largest absolute Gasteiger partial charge is 0.359 e. The van der Waals surface area contributed by atoms with Crippen molar-refractivity contribution < 1.29 is 4.79 Å². The smallest absolute Gasteiger partial charge is 0.242 e. The molecule has 24 heavy (non-hydrogen) atoms. The van der Waals surface area contributed by atoms with Gasteiger partial charge < -0.3 is 10.3 Å². The van der Waals surface area contributed by atoms with Crippen LogP contribution >= 0.6 is 0 Å². The molecule has 1 heterocycles. The Morgan fingerprint density at radius 1 is 1.12 bits per heavy atom. The average Bonchev–Trinajstić information content (AvgIpc) is 2.93. The molecular weight excluding hydrogens is 298 g/mol. The average molecular weight is 321 g/mol. The van der Waals surface area contributed by atoms with Gasteiger partial charge in [0.05, 0.1) is 0 Å². The molecule has 0 bridgehead atoms. The molecule has 0 radical (unpaired) electrons. The van der Waals surface area contributed by atoms with Crippen molar-refractivity contribution in [3.8, 4) is 0 Å². The maximum absolute atomic E-state index is 12.7. The minimum Gasteiger partial charge on any atom is -0.359 e. The number of aromatic nitrogens is 1. The summed E-state index contributed by atoms with van der Waals surface area (Å²) in [6.07, 6.45) is 0. The molecule has 1 amide bonds. The van der Waals surface area contributed by atoms with Gasteiger partial charge in [0.2, 0.25) is 5.91 Å². The Hall–Kier alpha value is -2.59. The number of hydrogen-bond acceptors (Lipinski definition) is 2. The highest BCUT2D eigenvalue weighted by Gasteiger charge is 2.22. The maximum atomic E-state index is 12.7. The zero-order valence-electron chi connectivity index (χ0n) is 14.3. The Balaban J connectivity index is 1.72. The molecule has 1 atom stereocenters. The van der Waals surface area contributed by atoms with Crippen LogP contribution in [0.25, 0.3) is 10.9 Å². The van der Waals surface area contributed by atoms with E-state index in [2.05, 4.69) is 28.5 Å². The highest BCUT2D eigenvalue weighted by molar-refractivity contribution is 5.84. The summed E-state index contributed by atoms with van der Waals surface area (Å²) in [7, 11) is 3.85. The molecule has 0 saturated heterocycles. The number of aromatic amines is 1. The number of nitrogens with one attached hydrogen (secondary N) is 2. The number of fused-ring (bicyclic) bond motifs is 1. The first-order valence-corrected chi connectivity index (χ1v) is 8.12. The fourth-order valence-corrected chi connectivity index (χ4v) is 3.04. The van der Waals surface area contributed by atoms with Gasteiger partial charge in [-0.25, -0.2) is 0 Å². The van der Waals surface area contributed by atoms with Crippen molar-refractivity contribution in [3.05, 3.63) is 71.4 Å². The number of aryl methyl sites for hydroxylation is 1. The normalized spacial score (nSPS) is 12.5. The molecule has 2 aromatic carbocycles. The quantitative estimate of drug-likeness (QED) is 0.757. The summed E-state index contributed by atoms with van der Waals surface area (Å²) in [5, 5.41) is 4.23. The molecule has 3 rings (SSSR count). The van der Waals surface area contributed by atoms with E-state index >= 15 is 0 Å². The second kappa shape index (κ2) is 6.89. The van der Waals surface area contributed by atoms with E-state index in [0.29, 0.717) is 6.54 Å². The van der Waals surface area contributed by atoms with Crippen molar-refractivity contribution in [1.82, 2.24) is 15.2 Å². The Kier molecular flexibility index (Phi) is 4.67. The fourth-order valence-electron chi connectivity index (χ4n) is 3.04. The SMILES string of the molecule is Cc1cc2cc(CNC(=O)C(c3ccccc3)N(C)C)ccc2[nH]1. The zero-order valence-corrected chi connectivity index (χ0v) is 14.3. The molecular formula is C20H23N3O. The number of H-pyrrole nitrogens is 1. The van der Waals surface area contributed by atoms with E-state index in [1.54, 1.807) is 0 Å². The van der Waals surface area contributed by atoms with Crippen LogP contribution in [0.5, 0.6) is 0 Å². The summed E-state index contributed by atoms with van der Waals surface area (Å²) in [4.78, 5) is 17.9. The van der Waals surface area contributed by atoms with Gasteiger partial charge in [-0.1, -0.05) is 36.4 Å². The van der Waals surface area contributed by atoms with Crippen LogP contribution in [0.15, 0.2) is 54.6 Å². The molecule has 1 aromatic heterocycles. The van der Waals surface area contributed by atoms with Gasteiger partial charge in [-0.3, -0.25) is 9.69 Å². The highest BCUT2D eigenvalue weighted by Crippen LogP contribution is 2.19. The third-order valence-corrected chi connectivity index (χ3v) is 4.17. The van der Waals surface area contributed by atoms with Crippen LogP contribution in [-0.2, 0) is 11.3 Å². The monoisotopic (exact) mass is 321 g/mol. The zero-order chi connectivity index (χ0) is 17.1. The van der Waals surface area contributed by atoms with E-state index in [1.165, 1.54) is 5.39 Å². The van der Waals surface area contributed by atoms with E-state index in [0.717, 1.165) is 22.3 Å². The number of carbonyl (C=O) groups is 1. The number of rotatable bonds is 5. The second-order valence-electron chi connectivity index (χ2n) is 6.37. The molecule has 2 N–H and O–H groups in total. The van der Waals surface area contributed by atoms with Crippen molar-refractivity contribution in [2.75, 3.05) is 14.1 Å². The molecule has 4 nitrogen and oxygen atoms in total. The molecule has 3 aromatic rings. The minimum atomic E-state index is -0.288. The Labute approximate surface area is 142 Å². The third kappa shape index (κ3) is 3.49. The third-order valence-electron chi connectivity index (χ3n) is 4.17. The number of amides is 1. The molecule has 0 aliphatic carbocycles. The van der Waals surface area contributed by atoms with Gasteiger partial charge in [0.25, 0.3) is 0 Å². The number of likely N-dealkylation sites (N-methyl/N-ethyl adjacent to an activating group) is 1. The first-order chi connectivity index (χ1) is 11.5. The van der Waals surface area contributed by atoms with E-state index in [4.69, 9.17) is 0 Å². The topological polar surface area (TPSA) is 48.1 Å². The van der Waals surface area contributed by atoms with Crippen molar-refractivity contribution in [2.45, 2.75) is 19.5 Å². The van der Waals surface area contributed by atoms with Crippen LogP contribution in [0.1, 0.15) is 22.9 Å². The standard InChI is InChI=1S/C20H23N3O/c1-14-11-17-12-15(9-10-18(17)22-14)13-21-20(24)19(23(2)3)16-7-5-4-6-8-16/h4-12,19,22H,13H2,1-3H3,(H,21,24). The van der Waals surface area contributed by atoms with Crippen molar-refractivity contribution >= 4 is 16.8 Å². The van der Waals surface area contributed by atoms with E-state index in [-0.39, 0.29) is 11.9 Å². The van der Waals surface area contributed by atoms with Gasteiger partial charge in [0.15, 0.2) is 0 Å². The molecule has 0 spiro atoms. The fraction of sp³-hybridized carbons (Fsp3) is 0.250. The maximum Gasteiger partial charge on any atom is 0.242 e. The molecule has 0 fully saturated rings. The highest BCUT2D eigenvalue weighted by atomic mass is 16.2. The predicted molar refractivity (Wildman–Crippen MR) is 97.8 cm³/mol. The van der Waals surface area contributed by atoms with Gasteiger partial charge in [0, 0.05) is 17.8 Å². The van der Waals surface area contributed by atoms with Gasteiger partial charge in [0.1, 0.15) is 6.04 Å². The predicted octanol–water partition coefficient (Wildman–Crippen LogP) is 3.40. The molecule has 0 saturated carbocycles. The first-order valence-electron chi connectivity index (χ1n) is 8.12. The van der Waals surface area contributed by atoms with Gasteiger partial charge in [-0.2, -0.15) is 0 Å². The lowest BCUT2D eigenvalue weighted by atomic mass is 10.1. The second-order valence-corrected chi connectivity index (χ2v) is 6.37. The van der Waals surface area contributed by atoms with Crippen LogP contribution in [0.2, 0.25) is 0 Å². The van der Waals surface area contributed by atoms with E-state index < -0.39 is 0 Å². The summed E-state index contributed by atoms with van der Waals surface area (Å²) < 4.78 is 0.